The zero-order chi connectivity index (χ0) is 30.8. The minimum atomic E-state index is -8.87. The summed E-state index contributed by atoms with van der Waals surface area (Å²) in [5.41, 5.74) is -4.46. The normalized spacial score (nSPS) is 15.7. The van der Waals surface area contributed by atoms with Crippen LogP contribution < -0.4 is 5.11 Å². The minimum Gasteiger partial charge on any atom is -0.545 e. The molecular weight excluding hydrogens is 615 g/mol. The molecule has 0 aromatic heterocycles. The number of carboxylic acids is 1. The molecule has 37 heavy (non-hydrogen) atoms. The molecule has 25 heteroatoms. The zero-order valence-corrected chi connectivity index (χ0v) is 17.0. The number of nitrogens with zero attached hydrogens (tertiary/aromatic N) is 1. The Kier molecular flexibility index (Phi) is 8.39. The summed E-state index contributed by atoms with van der Waals surface area (Å²) < 4.78 is 268. The van der Waals surface area contributed by atoms with Crippen LogP contribution in [0.15, 0.2) is 11.7 Å². The first kappa shape index (κ1) is 34.8. The van der Waals surface area contributed by atoms with Crippen molar-refractivity contribution in [3.63, 3.8) is 0 Å². The van der Waals surface area contributed by atoms with E-state index in [1.165, 1.54) is 0 Å². The summed E-state index contributed by atoms with van der Waals surface area (Å²) in [6.07, 6.45) is -12.3. The average molecular weight is 618 g/mol. The molecule has 0 aliphatic carbocycles. The number of rotatable bonds is 10. The van der Waals surface area contributed by atoms with Crippen molar-refractivity contribution in [2.75, 3.05) is 7.05 Å². The predicted octanol–water partition coefficient (Wildman–Crippen LogP) is 4.07. The highest BCUT2D eigenvalue weighted by Gasteiger charge is 2.89. The highest BCUT2D eigenvalue weighted by atomic mass is 32.2. The fourth-order valence-corrected chi connectivity index (χ4v) is 3.12. The molecule has 0 unspecified atom stereocenters. The van der Waals surface area contributed by atoms with E-state index >= 15 is 0 Å². The first-order valence-corrected chi connectivity index (χ1v) is 9.08. The maximum Gasteiger partial charge on any atom is 0.460 e. The maximum atomic E-state index is 13.9. The molecule has 0 radical (unpaired) electrons. The topological polar surface area (TPSA) is 77.5 Å². The largest absolute Gasteiger partial charge is 0.545 e. The van der Waals surface area contributed by atoms with Gasteiger partial charge >= 0.3 is 47.1 Å². The molecule has 0 atom stereocenters. The van der Waals surface area contributed by atoms with E-state index in [0.29, 0.717) is 0 Å². The first-order chi connectivity index (χ1) is 15.7. The molecule has 0 bridgehead atoms. The van der Waals surface area contributed by atoms with E-state index in [2.05, 4.69) is 0 Å². The van der Waals surface area contributed by atoms with E-state index in [4.69, 9.17) is 0 Å². The second kappa shape index (κ2) is 8.93. The summed E-state index contributed by atoms with van der Waals surface area (Å²) in [6, 6.07) is -8.02. The van der Waals surface area contributed by atoms with Crippen LogP contribution in [0.25, 0.3) is 0 Å². The summed E-state index contributed by atoms with van der Waals surface area (Å²) in [5.74, 6) is -45.2. The minimum absolute atomic E-state index is 1.61. The van der Waals surface area contributed by atoms with Crippen molar-refractivity contribution in [2.24, 2.45) is 0 Å². The summed E-state index contributed by atoms with van der Waals surface area (Å²) in [7, 11) is -10.5. The molecule has 0 amide bonds. The van der Waals surface area contributed by atoms with Crippen molar-refractivity contribution in [3.05, 3.63) is 11.7 Å². The van der Waals surface area contributed by atoms with Gasteiger partial charge in [0.1, 0.15) is 5.57 Å². The lowest BCUT2D eigenvalue weighted by molar-refractivity contribution is -0.387. The Balaban J connectivity index is 7.13. The molecule has 0 N–H and O–H groups in total. The van der Waals surface area contributed by atoms with Crippen molar-refractivity contribution in [1.29, 1.82) is 0 Å². The number of hydrogen-bond acceptors (Lipinski definition) is 4. The van der Waals surface area contributed by atoms with Gasteiger partial charge in [0.2, 0.25) is 0 Å². The average Bonchev–Trinajstić information content (AvgIpc) is 2.64. The third-order valence-electron chi connectivity index (χ3n) is 4.07. The van der Waals surface area contributed by atoms with E-state index < -0.39 is 86.1 Å². The molecular formula is C12H3F19NO4S-. The molecule has 0 aromatic carbocycles. The number of alkyl halides is 17. The van der Waals surface area contributed by atoms with Gasteiger partial charge in [0.15, 0.2) is 0 Å². The van der Waals surface area contributed by atoms with Crippen LogP contribution in [0.4, 0.5) is 83.4 Å². The van der Waals surface area contributed by atoms with Crippen molar-refractivity contribution in [3.8, 4) is 0 Å². The van der Waals surface area contributed by atoms with Crippen LogP contribution in [-0.4, -0.2) is 72.8 Å². The number of sulfonamides is 1. The van der Waals surface area contributed by atoms with Gasteiger partial charge in [-0.15, -0.1) is 4.31 Å². The lowest BCUT2D eigenvalue weighted by Gasteiger charge is -2.41. The summed E-state index contributed by atoms with van der Waals surface area (Å²) in [4.78, 5) is 10.2. The number of carbonyl (C=O) groups is 1. The van der Waals surface area contributed by atoms with Gasteiger partial charge in [-0.2, -0.15) is 83.4 Å². The molecule has 0 spiro atoms. The van der Waals surface area contributed by atoms with E-state index in [9.17, 15) is 102 Å². The lowest BCUT2D eigenvalue weighted by Crippen LogP contribution is -2.71. The second-order valence-electron chi connectivity index (χ2n) is 6.32. The van der Waals surface area contributed by atoms with Gasteiger partial charge in [0, 0.05) is 7.05 Å². The highest BCUT2D eigenvalue weighted by Crippen LogP contribution is 2.59. The first-order valence-electron chi connectivity index (χ1n) is 7.64. The molecule has 5 nitrogen and oxygen atoms in total. The van der Waals surface area contributed by atoms with Gasteiger partial charge in [0.25, 0.3) is 16.1 Å². The number of halogens is 19. The Hall–Kier alpha value is -2.21. The van der Waals surface area contributed by atoms with Crippen LogP contribution in [0, 0.1) is 0 Å². The SMILES string of the molecule is CN(C(F)(F)C(F)(F)C(F)(F)C(F)(F)C(C(=O)[O-])=C(F)F)S(=O)(=O)C(F)(F)C(F)(F)C(F)(F)C(F)(F)F. The summed E-state index contributed by atoms with van der Waals surface area (Å²) in [6.45, 7) is 0. The molecule has 0 aromatic rings. The van der Waals surface area contributed by atoms with Gasteiger partial charge in [-0.25, -0.2) is 8.42 Å². The number of hydrogen-bond donors (Lipinski definition) is 0. The molecule has 220 valence electrons. The van der Waals surface area contributed by atoms with Crippen molar-refractivity contribution in [1.82, 2.24) is 4.31 Å². The molecule has 0 aliphatic rings. The standard InChI is InChI=1S/C12H4F19NO4S/c1-32(37(35,36)12(30,31)9(23,24)7(19,20)10(25,26)27)11(28,29)8(21,22)6(17,18)5(15,16)2(3(13)14)4(33)34/h1H3,(H,33,34)/p-1. The predicted molar refractivity (Wildman–Crippen MR) is 71.6 cm³/mol. The number of carbonyl (C=O) groups excluding carboxylic acids is 1. The van der Waals surface area contributed by atoms with E-state index in [1.807, 2.05) is 0 Å². The number of carboxylic acid groups (broad SMARTS) is 1. The fourth-order valence-electron chi connectivity index (χ4n) is 1.91. The summed E-state index contributed by atoms with van der Waals surface area (Å²) in [5, 5.41) is 1.90. The van der Waals surface area contributed by atoms with E-state index in [-0.39, 0.29) is 0 Å². The Morgan fingerprint density at radius 1 is 0.649 bits per heavy atom. The molecule has 0 saturated heterocycles. The lowest BCUT2D eigenvalue weighted by atomic mass is 9.96. The maximum absolute atomic E-state index is 13.9. The Morgan fingerprint density at radius 2 is 1.00 bits per heavy atom. The third kappa shape index (κ3) is 4.53. The van der Waals surface area contributed by atoms with Crippen LogP contribution in [0.2, 0.25) is 0 Å². The fraction of sp³-hybridized carbons (Fsp3) is 0.750. The Morgan fingerprint density at radius 3 is 1.27 bits per heavy atom. The molecule has 0 heterocycles. The molecule has 0 aliphatic heterocycles. The Labute approximate surface area is 189 Å². The molecule has 0 saturated carbocycles. The quantitative estimate of drug-likeness (QED) is 0.210. The van der Waals surface area contributed by atoms with Crippen LogP contribution in [0.1, 0.15) is 0 Å². The van der Waals surface area contributed by atoms with Crippen molar-refractivity contribution >= 4 is 16.0 Å². The van der Waals surface area contributed by atoms with Crippen molar-refractivity contribution in [2.45, 2.75) is 47.1 Å². The van der Waals surface area contributed by atoms with Crippen molar-refractivity contribution < 1.29 is 102 Å². The van der Waals surface area contributed by atoms with Gasteiger partial charge in [-0.1, -0.05) is 0 Å². The summed E-state index contributed by atoms with van der Waals surface area (Å²) >= 11 is 0. The van der Waals surface area contributed by atoms with Crippen LogP contribution in [0.5, 0.6) is 0 Å². The van der Waals surface area contributed by atoms with Gasteiger partial charge in [0.05, 0.1) is 5.97 Å². The smallest absolute Gasteiger partial charge is 0.460 e. The monoisotopic (exact) mass is 618 g/mol. The van der Waals surface area contributed by atoms with Crippen LogP contribution >= 0.6 is 0 Å². The van der Waals surface area contributed by atoms with Gasteiger partial charge in [-0.05, 0) is 0 Å². The second-order valence-corrected chi connectivity index (χ2v) is 8.33. The van der Waals surface area contributed by atoms with Gasteiger partial charge < -0.3 is 9.90 Å². The van der Waals surface area contributed by atoms with Crippen LogP contribution in [-0.2, 0) is 14.8 Å². The highest BCUT2D eigenvalue weighted by molar-refractivity contribution is 7.90. The van der Waals surface area contributed by atoms with Gasteiger partial charge in [-0.3, -0.25) is 0 Å². The number of aliphatic carboxylic acids is 1. The molecule has 0 fully saturated rings. The van der Waals surface area contributed by atoms with E-state index in [1.54, 1.807) is 0 Å². The molecule has 0 rings (SSSR count). The zero-order valence-electron chi connectivity index (χ0n) is 16.2. The van der Waals surface area contributed by atoms with Crippen LogP contribution in [0.3, 0.4) is 0 Å². The Bertz CT molecular complexity index is 1040. The third-order valence-corrected chi connectivity index (χ3v) is 5.92. The van der Waals surface area contributed by atoms with E-state index in [0.717, 1.165) is 0 Å².